The predicted octanol–water partition coefficient (Wildman–Crippen LogP) is 2.74. The van der Waals surface area contributed by atoms with Crippen molar-refractivity contribution in [1.29, 1.82) is 0 Å². The third-order valence-electron chi connectivity index (χ3n) is 5.20. The van der Waals surface area contributed by atoms with Crippen LogP contribution in [0.25, 0.3) is 10.3 Å². The molecule has 1 saturated heterocycles. The third kappa shape index (κ3) is 3.85. The number of hydrogen-bond donors (Lipinski definition) is 2. The Hall–Kier alpha value is -2.94. The summed E-state index contributed by atoms with van der Waals surface area (Å²) in [6.07, 6.45) is -9.19. The maximum absolute atomic E-state index is 14.3. The molecule has 2 N–H and O–H groups in total. The first-order valence-electron chi connectivity index (χ1n) is 9.25. The summed E-state index contributed by atoms with van der Waals surface area (Å²) in [6.45, 7) is 0. The normalized spacial score (nSPS) is 20.9. The number of aromatic nitrogens is 2. The van der Waals surface area contributed by atoms with Gasteiger partial charge in [-0.15, -0.1) is 11.3 Å². The van der Waals surface area contributed by atoms with Crippen LogP contribution < -0.4 is 9.80 Å². The zero-order chi connectivity index (χ0) is 25.1. The molecular formula is C19H12ClF5N4O4S. The molecule has 15 heteroatoms. The van der Waals surface area contributed by atoms with E-state index in [0.717, 1.165) is 30.0 Å². The van der Waals surface area contributed by atoms with Crippen LogP contribution in [0.3, 0.4) is 0 Å². The maximum atomic E-state index is 14.3. The smallest absolute Gasteiger partial charge is 0.387 e. The molecule has 0 aliphatic carbocycles. The number of anilines is 2. The summed E-state index contributed by atoms with van der Waals surface area (Å²) < 4.78 is 68.6. The molecular weight excluding hydrogens is 511 g/mol. The molecule has 4 rings (SSSR count). The number of pyridine rings is 1. The van der Waals surface area contributed by atoms with E-state index in [1.54, 1.807) is 0 Å². The van der Waals surface area contributed by atoms with Gasteiger partial charge in [0.1, 0.15) is 39.9 Å². The molecule has 3 atom stereocenters. The van der Waals surface area contributed by atoms with Crippen molar-refractivity contribution in [3.63, 3.8) is 0 Å². The average molecular weight is 523 g/mol. The minimum absolute atomic E-state index is 0.218. The molecule has 1 fully saturated rings. The lowest BCUT2D eigenvalue weighted by atomic mass is 10.1. The Morgan fingerprint density at radius 1 is 1.21 bits per heavy atom. The molecule has 3 heterocycles. The van der Waals surface area contributed by atoms with Crippen LogP contribution in [-0.2, 0) is 15.8 Å². The summed E-state index contributed by atoms with van der Waals surface area (Å²) in [5.74, 6) is -5.53. The number of aliphatic hydroxyl groups excluding tert-OH is 2. The highest BCUT2D eigenvalue weighted by atomic mass is 35.5. The SMILES string of the molecule is CN(C(=O)[C@@H]1[C@H](O)[C@H](O)C(=O)N1c1cc(C(F)(F)F)c2ncsc2n1)c1cc(Cl)c(F)cc1F. The van der Waals surface area contributed by atoms with Gasteiger partial charge >= 0.3 is 6.18 Å². The molecule has 180 valence electrons. The van der Waals surface area contributed by atoms with Crippen molar-refractivity contribution in [2.45, 2.75) is 24.4 Å². The highest BCUT2D eigenvalue weighted by Crippen LogP contribution is 2.39. The van der Waals surface area contributed by atoms with Gasteiger partial charge in [0.05, 0.1) is 21.8 Å². The molecule has 8 nitrogen and oxygen atoms in total. The topological polar surface area (TPSA) is 107 Å². The standard InChI is InChI=1S/C19H12ClF5N4O4S/c1-28(10-3-7(20)8(21)4-9(10)22)17(32)13-14(30)15(31)18(33)29(13)11-2-6(19(23,24)25)12-16(27-11)34-5-26-12/h2-5,13-15,30-31H,1H3/t13-,14-,15-/m0/s1. The van der Waals surface area contributed by atoms with Crippen molar-refractivity contribution in [3.8, 4) is 0 Å². The zero-order valence-electron chi connectivity index (χ0n) is 16.7. The Morgan fingerprint density at radius 2 is 1.88 bits per heavy atom. The lowest BCUT2D eigenvalue weighted by Gasteiger charge is -2.29. The number of amides is 2. The van der Waals surface area contributed by atoms with Gasteiger partial charge in [-0.25, -0.2) is 18.7 Å². The van der Waals surface area contributed by atoms with Gasteiger partial charge in [0.25, 0.3) is 11.8 Å². The maximum Gasteiger partial charge on any atom is 0.418 e. The first-order chi connectivity index (χ1) is 15.8. The Balaban J connectivity index is 1.82. The summed E-state index contributed by atoms with van der Waals surface area (Å²) in [4.78, 5) is 34.2. The van der Waals surface area contributed by atoms with Crippen LogP contribution in [-0.4, -0.2) is 57.3 Å². The number of carbonyl (C=O) groups excluding carboxylic acids is 2. The Bertz CT molecular complexity index is 1320. The summed E-state index contributed by atoms with van der Waals surface area (Å²) >= 11 is 6.37. The van der Waals surface area contributed by atoms with E-state index in [9.17, 15) is 41.8 Å². The Kier molecular flexibility index (Phi) is 5.96. The molecule has 1 aromatic carbocycles. The van der Waals surface area contributed by atoms with E-state index in [2.05, 4.69) is 9.97 Å². The van der Waals surface area contributed by atoms with E-state index >= 15 is 0 Å². The van der Waals surface area contributed by atoms with E-state index in [-0.39, 0.29) is 4.83 Å². The van der Waals surface area contributed by atoms with Crippen LogP contribution in [0.4, 0.5) is 33.5 Å². The largest absolute Gasteiger partial charge is 0.418 e. The first-order valence-corrected chi connectivity index (χ1v) is 10.5. The summed E-state index contributed by atoms with van der Waals surface area (Å²) in [7, 11) is 1.01. The van der Waals surface area contributed by atoms with Gasteiger partial charge in [0.15, 0.2) is 6.10 Å². The van der Waals surface area contributed by atoms with E-state index in [4.69, 9.17) is 11.6 Å². The number of aliphatic hydroxyl groups is 2. The van der Waals surface area contributed by atoms with Crippen LogP contribution in [0.1, 0.15) is 5.56 Å². The van der Waals surface area contributed by atoms with Gasteiger partial charge in [-0.2, -0.15) is 13.2 Å². The molecule has 0 bridgehead atoms. The fourth-order valence-electron chi connectivity index (χ4n) is 3.53. The zero-order valence-corrected chi connectivity index (χ0v) is 18.3. The average Bonchev–Trinajstić information content (AvgIpc) is 3.32. The van der Waals surface area contributed by atoms with E-state index in [0.29, 0.717) is 21.9 Å². The molecule has 2 amide bonds. The van der Waals surface area contributed by atoms with Gasteiger partial charge in [0.2, 0.25) is 0 Å². The van der Waals surface area contributed by atoms with E-state index < -0.39 is 75.5 Å². The molecule has 2 aromatic heterocycles. The molecule has 1 aliphatic heterocycles. The summed E-state index contributed by atoms with van der Waals surface area (Å²) in [5, 5.41) is 19.9. The molecule has 0 radical (unpaired) electrons. The van der Waals surface area contributed by atoms with Crippen molar-refractivity contribution in [2.75, 3.05) is 16.8 Å². The van der Waals surface area contributed by atoms with Crippen molar-refractivity contribution < 1.29 is 41.8 Å². The molecule has 0 unspecified atom stereocenters. The van der Waals surface area contributed by atoms with Crippen molar-refractivity contribution >= 4 is 56.6 Å². The third-order valence-corrected chi connectivity index (χ3v) is 6.20. The number of halogens is 6. The van der Waals surface area contributed by atoms with Crippen LogP contribution in [0.15, 0.2) is 23.7 Å². The second-order valence-electron chi connectivity index (χ2n) is 7.24. The minimum Gasteiger partial charge on any atom is -0.387 e. The van der Waals surface area contributed by atoms with Gasteiger partial charge in [-0.1, -0.05) is 11.6 Å². The van der Waals surface area contributed by atoms with Crippen LogP contribution in [0, 0.1) is 11.6 Å². The highest BCUT2D eigenvalue weighted by molar-refractivity contribution is 7.16. The number of alkyl halides is 3. The lowest BCUT2D eigenvalue weighted by molar-refractivity contribution is -0.136. The second kappa shape index (κ2) is 8.37. The molecule has 1 aliphatic rings. The Morgan fingerprint density at radius 3 is 2.53 bits per heavy atom. The lowest BCUT2D eigenvalue weighted by Crippen LogP contribution is -2.50. The van der Waals surface area contributed by atoms with Gasteiger partial charge in [-0.05, 0) is 12.1 Å². The highest BCUT2D eigenvalue weighted by Gasteiger charge is 2.53. The number of nitrogens with zero attached hydrogens (tertiary/aromatic N) is 4. The van der Waals surface area contributed by atoms with E-state index in [1.807, 2.05) is 0 Å². The quantitative estimate of drug-likeness (QED) is 0.405. The predicted molar refractivity (Wildman–Crippen MR) is 110 cm³/mol. The number of carbonyl (C=O) groups is 2. The van der Waals surface area contributed by atoms with Gasteiger partial charge in [0, 0.05) is 13.1 Å². The number of hydrogen-bond acceptors (Lipinski definition) is 7. The summed E-state index contributed by atoms with van der Waals surface area (Å²) in [6, 6.07) is -0.355. The number of benzene rings is 1. The van der Waals surface area contributed by atoms with Crippen molar-refractivity contribution in [1.82, 2.24) is 9.97 Å². The summed E-state index contributed by atoms with van der Waals surface area (Å²) in [5.41, 5.74) is -1.19. The molecule has 0 saturated carbocycles. The number of rotatable bonds is 3. The number of thiazole rings is 1. The number of fused-ring (bicyclic) bond motifs is 1. The van der Waals surface area contributed by atoms with Crippen LogP contribution in [0.5, 0.6) is 0 Å². The van der Waals surface area contributed by atoms with Crippen molar-refractivity contribution in [2.24, 2.45) is 0 Å². The molecule has 3 aromatic rings. The first kappa shape index (κ1) is 24.2. The van der Waals surface area contributed by atoms with Crippen LogP contribution in [0.2, 0.25) is 5.02 Å². The van der Waals surface area contributed by atoms with Crippen molar-refractivity contribution in [3.05, 3.63) is 45.9 Å². The van der Waals surface area contributed by atoms with Gasteiger partial charge < -0.3 is 15.1 Å². The van der Waals surface area contributed by atoms with E-state index in [1.165, 1.54) is 0 Å². The fraction of sp³-hybridized carbons (Fsp3) is 0.263. The number of likely N-dealkylation sites (N-methyl/N-ethyl adjacent to an activating group) is 1. The van der Waals surface area contributed by atoms with Gasteiger partial charge in [-0.3, -0.25) is 14.5 Å². The second-order valence-corrected chi connectivity index (χ2v) is 8.48. The molecule has 0 spiro atoms. The monoisotopic (exact) mass is 522 g/mol. The van der Waals surface area contributed by atoms with Crippen LogP contribution >= 0.6 is 22.9 Å². The minimum atomic E-state index is -4.91. The molecule has 34 heavy (non-hydrogen) atoms. The Labute approximate surface area is 195 Å². The fourth-order valence-corrected chi connectivity index (χ4v) is 4.36.